The molecule has 0 aromatic heterocycles. The van der Waals surface area contributed by atoms with Crippen molar-refractivity contribution >= 4 is 0 Å². The van der Waals surface area contributed by atoms with E-state index >= 15 is 0 Å². The molecule has 3 heteroatoms. The summed E-state index contributed by atoms with van der Waals surface area (Å²) in [4.78, 5) is 0. The van der Waals surface area contributed by atoms with Crippen LogP contribution in [0.5, 0.6) is 0 Å². The van der Waals surface area contributed by atoms with Crippen molar-refractivity contribution in [3.63, 3.8) is 0 Å². The fourth-order valence-corrected chi connectivity index (χ4v) is 2.70. The SMILES string of the molecule is CCCC(OC)C(CC1CCCC1)NN. The Bertz CT molecular complexity index is 158. The maximum atomic E-state index is 5.63. The molecule has 1 rings (SSSR count). The van der Waals surface area contributed by atoms with Crippen molar-refractivity contribution < 1.29 is 4.74 Å². The fraction of sp³-hybridized carbons (Fsp3) is 1.00. The summed E-state index contributed by atoms with van der Waals surface area (Å²) < 4.78 is 5.51. The first-order valence-corrected chi connectivity index (χ1v) is 6.30. The van der Waals surface area contributed by atoms with Crippen LogP contribution >= 0.6 is 0 Å². The lowest BCUT2D eigenvalue weighted by molar-refractivity contribution is 0.0528. The summed E-state index contributed by atoms with van der Waals surface area (Å²) in [6, 6.07) is 0.332. The van der Waals surface area contributed by atoms with E-state index in [1.165, 1.54) is 32.1 Å². The molecule has 15 heavy (non-hydrogen) atoms. The molecule has 0 aromatic carbocycles. The van der Waals surface area contributed by atoms with E-state index < -0.39 is 0 Å². The van der Waals surface area contributed by atoms with Crippen LogP contribution in [0.2, 0.25) is 0 Å². The minimum atomic E-state index is 0.278. The van der Waals surface area contributed by atoms with E-state index in [9.17, 15) is 0 Å². The Morgan fingerprint density at radius 1 is 1.40 bits per heavy atom. The van der Waals surface area contributed by atoms with Gasteiger partial charge in [0.25, 0.3) is 0 Å². The normalized spacial score (nSPS) is 21.8. The van der Waals surface area contributed by atoms with E-state index in [4.69, 9.17) is 10.6 Å². The molecule has 0 spiro atoms. The van der Waals surface area contributed by atoms with Crippen LogP contribution in [0.25, 0.3) is 0 Å². The van der Waals surface area contributed by atoms with Crippen molar-refractivity contribution in [3.05, 3.63) is 0 Å². The zero-order chi connectivity index (χ0) is 11.1. The third-order valence-electron chi connectivity index (χ3n) is 3.60. The second-order valence-electron chi connectivity index (χ2n) is 4.72. The van der Waals surface area contributed by atoms with E-state index in [-0.39, 0.29) is 6.10 Å². The van der Waals surface area contributed by atoms with Crippen molar-refractivity contribution in [2.45, 2.75) is 64.0 Å². The number of hydrogen-bond acceptors (Lipinski definition) is 3. The van der Waals surface area contributed by atoms with Gasteiger partial charge in [0.1, 0.15) is 0 Å². The fourth-order valence-electron chi connectivity index (χ4n) is 2.70. The predicted molar refractivity (Wildman–Crippen MR) is 63.4 cm³/mol. The smallest absolute Gasteiger partial charge is 0.0737 e. The highest BCUT2D eigenvalue weighted by molar-refractivity contribution is 4.80. The molecular formula is C12H26N2O. The van der Waals surface area contributed by atoms with Gasteiger partial charge in [-0.25, -0.2) is 0 Å². The molecule has 0 bridgehead atoms. The van der Waals surface area contributed by atoms with Gasteiger partial charge in [0.2, 0.25) is 0 Å². The molecule has 0 amide bonds. The summed E-state index contributed by atoms with van der Waals surface area (Å²) in [5.74, 6) is 6.49. The summed E-state index contributed by atoms with van der Waals surface area (Å²) in [6.07, 6.45) is 9.25. The lowest BCUT2D eigenvalue weighted by Crippen LogP contribution is -2.45. The van der Waals surface area contributed by atoms with E-state index in [0.29, 0.717) is 6.04 Å². The Morgan fingerprint density at radius 3 is 2.53 bits per heavy atom. The van der Waals surface area contributed by atoms with Crippen LogP contribution in [0.1, 0.15) is 51.9 Å². The molecule has 1 aliphatic rings. The quantitative estimate of drug-likeness (QED) is 0.504. The molecule has 0 heterocycles. The van der Waals surface area contributed by atoms with Crippen LogP contribution in [0.15, 0.2) is 0 Å². The van der Waals surface area contributed by atoms with Crippen molar-refractivity contribution in [2.24, 2.45) is 11.8 Å². The molecule has 90 valence electrons. The number of methoxy groups -OCH3 is 1. The lowest BCUT2D eigenvalue weighted by atomic mass is 9.93. The molecule has 0 aromatic rings. The van der Waals surface area contributed by atoms with Gasteiger partial charge in [0.05, 0.1) is 6.10 Å². The van der Waals surface area contributed by atoms with Crippen LogP contribution in [0.3, 0.4) is 0 Å². The Balaban J connectivity index is 2.37. The number of nitrogens with one attached hydrogen (secondary N) is 1. The molecule has 1 fully saturated rings. The number of hydrogen-bond donors (Lipinski definition) is 2. The molecule has 1 saturated carbocycles. The van der Waals surface area contributed by atoms with Gasteiger partial charge >= 0.3 is 0 Å². The maximum absolute atomic E-state index is 5.63. The average Bonchev–Trinajstić information content (AvgIpc) is 2.75. The summed E-state index contributed by atoms with van der Waals surface area (Å²) in [5.41, 5.74) is 2.94. The van der Waals surface area contributed by atoms with Gasteiger partial charge in [-0.1, -0.05) is 39.0 Å². The van der Waals surface area contributed by atoms with Gasteiger partial charge in [-0.2, -0.15) is 0 Å². The molecule has 2 atom stereocenters. The molecular weight excluding hydrogens is 188 g/mol. The number of hydrazine groups is 1. The molecule has 0 aliphatic heterocycles. The van der Waals surface area contributed by atoms with Gasteiger partial charge in [0, 0.05) is 13.2 Å². The monoisotopic (exact) mass is 214 g/mol. The van der Waals surface area contributed by atoms with Gasteiger partial charge in [-0.3, -0.25) is 11.3 Å². The van der Waals surface area contributed by atoms with Crippen LogP contribution < -0.4 is 11.3 Å². The minimum absolute atomic E-state index is 0.278. The predicted octanol–water partition coefficient (Wildman–Crippen LogP) is 2.21. The summed E-state index contributed by atoms with van der Waals surface area (Å²) in [5, 5.41) is 0. The summed E-state index contributed by atoms with van der Waals surface area (Å²) in [6.45, 7) is 2.19. The van der Waals surface area contributed by atoms with Gasteiger partial charge in [-0.05, 0) is 18.8 Å². The Kier molecular flexibility index (Phi) is 6.22. The highest BCUT2D eigenvalue weighted by atomic mass is 16.5. The van der Waals surface area contributed by atoms with E-state index in [1.54, 1.807) is 7.11 Å². The topological polar surface area (TPSA) is 47.3 Å². The third-order valence-corrected chi connectivity index (χ3v) is 3.60. The van der Waals surface area contributed by atoms with Crippen LogP contribution in [0, 0.1) is 5.92 Å². The summed E-state index contributed by atoms with van der Waals surface area (Å²) >= 11 is 0. The molecule has 2 unspecified atom stereocenters. The first-order valence-electron chi connectivity index (χ1n) is 6.30. The Hall–Kier alpha value is -0.120. The minimum Gasteiger partial charge on any atom is -0.380 e. The molecule has 3 nitrogen and oxygen atoms in total. The number of nitrogens with two attached hydrogens (primary N) is 1. The number of ether oxygens (including phenoxy) is 1. The van der Waals surface area contributed by atoms with E-state index in [0.717, 1.165) is 18.8 Å². The van der Waals surface area contributed by atoms with Crippen molar-refractivity contribution in [3.8, 4) is 0 Å². The van der Waals surface area contributed by atoms with Crippen molar-refractivity contribution in [1.82, 2.24) is 5.43 Å². The summed E-state index contributed by atoms with van der Waals surface area (Å²) in [7, 11) is 1.79. The van der Waals surface area contributed by atoms with E-state index in [1.807, 2.05) is 0 Å². The molecule has 1 aliphatic carbocycles. The molecule has 0 saturated heterocycles. The second kappa shape index (κ2) is 7.20. The van der Waals surface area contributed by atoms with Crippen LogP contribution in [-0.4, -0.2) is 19.3 Å². The maximum Gasteiger partial charge on any atom is 0.0737 e. The van der Waals surface area contributed by atoms with Gasteiger partial charge in [-0.15, -0.1) is 0 Å². The van der Waals surface area contributed by atoms with Crippen LogP contribution in [-0.2, 0) is 4.74 Å². The zero-order valence-corrected chi connectivity index (χ0v) is 10.2. The second-order valence-corrected chi connectivity index (χ2v) is 4.72. The van der Waals surface area contributed by atoms with Gasteiger partial charge in [0.15, 0.2) is 0 Å². The first kappa shape index (κ1) is 12.9. The molecule has 0 radical (unpaired) electrons. The largest absolute Gasteiger partial charge is 0.380 e. The zero-order valence-electron chi connectivity index (χ0n) is 10.2. The first-order chi connectivity index (χ1) is 7.31. The lowest BCUT2D eigenvalue weighted by Gasteiger charge is -2.27. The van der Waals surface area contributed by atoms with Gasteiger partial charge < -0.3 is 4.74 Å². The number of rotatable bonds is 7. The average molecular weight is 214 g/mol. The highest BCUT2D eigenvalue weighted by Gasteiger charge is 2.25. The third kappa shape index (κ3) is 4.09. The Labute approximate surface area is 93.7 Å². The molecule has 3 N–H and O–H groups in total. The van der Waals surface area contributed by atoms with Crippen molar-refractivity contribution in [1.29, 1.82) is 0 Å². The standard InChI is InChI=1S/C12H26N2O/c1-3-6-12(15-2)11(14-13)9-10-7-4-5-8-10/h10-12,14H,3-9,13H2,1-2H3. The van der Waals surface area contributed by atoms with Crippen molar-refractivity contribution in [2.75, 3.05) is 7.11 Å². The Morgan fingerprint density at radius 2 is 2.07 bits per heavy atom. The highest BCUT2D eigenvalue weighted by Crippen LogP contribution is 2.29. The van der Waals surface area contributed by atoms with E-state index in [2.05, 4.69) is 12.3 Å². The van der Waals surface area contributed by atoms with Crippen LogP contribution in [0.4, 0.5) is 0 Å².